The minimum absolute atomic E-state index is 0.333. The minimum Gasteiger partial charge on any atom is -0.355 e. The van der Waals surface area contributed by atoms with Crippen LogP contribution in [0.25, 0.3) is 22.2 Å². The van der Waals surface area contributed by atoms with Crippen molar-refractivity contribution in [3.05, 3.63) is 53.6 Å². The first-order chi connectivity index (χ1) is 12.1. The van der Waals surface area contributed by atoms with Crippen molar-refractivity contribution >= 4 is 43.9 Å². The van der Waals surface area contributed by atoms with E-state index in [1.54, 1.807) is 18.5 Å². The summed E-state index contributed by atoms with van der Waals surface area (Å²) < 4.78 is 16.1. The zero-order valence-corrected chi connectivity index (χ0v) is 14.7. The lowest BCUT2D eigenvalue weighted by molar-refractivity contribution is 0.622. The fraction of sp³-hybridized carbons (Fsp3) is 0.125. The monoisotopic (exact) mass is 401 g/mol. The highest BCUT2D eigenvalue weighted by atomic mass is 79.9. The summed E-state index contributed by atoms with van der Waals surface area (Å²) in [5.41, 5.74) is 2.63. The Morgan fingerprint density at radius 3 is 3.00 bits per heavy atom. The first kappa shape index (κ1) is 15.7. The van der Waals surface area contributed by atoms with Crippen molar-refractivity contribution < 1.29 is 4.39 Å². The van der Waals surface area contributed by atoms with Gasteiger partial charge in [-0.1, -0.05) is 6.08 Å². The molecule has 2 N–H and O–H groups in total. The minimum atomic E-state index is -0.339. The molecule has 1 unspecified atom stereocenters. The smallest absolute Gasteiger partial charge is 0.182 e. The summed E-state index contributed by atoms with van der Waals surface area (Å²) in [6, 6.07) is 2.70. The van der Waals surface area contributed by atoms with E-state index >= 15 is 0 Å². The zero-order chi connectivity index (χ0) is 17.6. The van der Waals surface area contributed by atoms with Crippen LogP contribution in [0, 0.1) is 5.82 Å². The van der Waals surface area contributed by atoms with E-state index in [0.717, 1.165) is 0 Å². The van der Waals surface area contributed by atoms with Crippen LogP contribution in [0.2, 0.25) is 0 Å². The van der Waals surface area contributed by atoms with Crippen molar-refractivity contribution in [3.63, 3.8) is 0 Å². The van der Waals surface area contributed by atoms with Gasteiger partial charge in [-0.15, -0.1) is 6.58 Å². The van der Waals surface area contributed by atoms with Gasteiger partial charge >= 0.3 is 0 Å². The number of fused-ring (bicyclic) bond motifs is 2. The SMILES string of the molecule is C=CC(Nc1ncnc2nc[nH]c12)c1nc2ccc(F)c(Br)c2n1C. The number of nitrogens with one attached hydrogen (secondary N) is 2. The van der Waals surface area contributed by atoms with Crippen LogP contribution in [-0.2, 0) is 7.05 Å². The Kier molecular flexibility index (Phi) is 3.72. The maximum absolute atomic E-state index is 13.9. The fourth-order valence-corrected chi connectivity index (χ4v) is 3.38. The molecule has 0 saturated heterocycles. The molecule has 3 heterocycles. The van der Waals surface area contributed by atoms with Gasteiger partial charge in [0.2, 0.25) is 0 Å². The van der Waals surface area contributed by atoms with Gasteiger partial charge in [0.25, 0.3) is 0 Å². The van der Waals surface area contributed by atoms with Crippen LogP contribution < -0.4 is 5.32 Å². The second kappa shape index (κ2) is 5.92. The predicted octanol–water partition coefficient (Wildman–Crippen LogP) is 3.48. The second-order valence-corrected chi connectivity index (χ2v) is 6.23. The highest BCUT2D eigenvalue weighted by Crippen LogP contribution is 2.30. The van der Waals surface area contributed by atoms with Gasteiger partial charge in [0, 0.05) is 7.05 Å². The fourth-order valence-electron chi connectivity index (χ4n) is 2.78. The van der Waals surface area contributed by atoms with Crippen LogP contribution >= 0.6 is 15.9 Å². The number of hydrogen-bond donors (Lipinski definition) is 2. The Bertz CT molecular complexity index is 1100. The standard InChI is InChI=1S/C16H13BrFN7/c1-3-9(23-15-12-14(20-6-19-12)21-7-22-15)16-24-10-5-4-8(18)11(17)13(10)25(16)2/h3-7,9H,1H2,2H3,(H2,19,20,21,22,23). The molecular weight excluding hydrogens is 389 g/mol. The Hall–Kier alpha value is -2.81. The molecule has 0 aliphatic carbocycles. The van der Waals surface area contributed by atoms with Crippen molar-refractivity contribution in [2.45, 2.75) is 6.04 Å². The molecule has 4 rings (SSSR count). The van der Waals surface area contributed by atoms with Crippen molar-refractivity contribution in [1.29, 1.82) is 0 Å². The molecule has 126 valence electrons. The molecule has 0 bridgehead atoms. The lowest BCUT2D eigenvalue weighted by Gasteiger charge is -2.15. The maximum Gasteiger partial charge on any atom is 0.182 e. The van der Waals surface area contributed by atoms with Crippen LogP contribution in [0.15, 0.2) is 41.9 Å². The first-order valence-electron chi connectivity index (χ1n) is 7.43. The maximum atomic E-state index is 13.9. The summed E-state index contributed by atoms with van der Waals surface area (Å²) in [5.74, 6) is 0.937. The molecule has 0 saturated carbocycles. The Balaban J connectivity index is 1.80. The number of halogens is 2. The van der Waals surface area contributed by atoms with E-state index in [1.165, 1.54) is 12.4 Å². The summed E-state index contributed by atoms with van der Waals surface area (Å²) in [6.07, 6.45) is 4.71. The van der Waals surface area contributed by atoms with Gasteiger partial charge in [0.15, 0.2) is 11.5 Å². The molecule has 0 aliphatic heterocycles. The molecule has 25 heavy (non-hydrogen) atoms. The number of aromatic nitrogens is 6. The van der Waals surface area contributed by atoms with Crippen molar-refractivity contribution in [1.82, 2.24) is 29.5 Å². The Labute approximate surface area is 150 Å². The largest absolute Gasteiger partial charge is 0.355 e. The van der Waals surface area contributed by atoms with Crippen molar-refractivity contribution in [2.24, 2.45) is 7.05 Å². The molecule has 3 aromatic heterocycles. The van der Waals surface area contributed by atoms with E-state index in [2.05, 4.69) is 52.7 Å². The van der Waals surface area contributed by atoms with E-state index in [-0.39, 0.29) is 11.9 Å². The predicted molar refractivity (Wildman–Crippen MR) is 96.6 cm³/mol. The quantitative estimate of drug-likeness (QED) is 0.511. The highest BCUT2D eigenvalue weighted by Gasteiger charge is 2.20. The van der Waals surface area contributed by atoms with E-state index < -0.39 is 0 Å². The number of benzene rings is 1. The number of rotatable bonds is 4. The third-order valence-electron chi connectivity index (χ3n) is 3.99. The topological polar surface area (TPSA) is 84.3 Å². The van der Waals surface area contributed by atoms with Gasteiger partial charge in [0.05, 0.1) is 21.8 Å². The van der Waals surface area contributed by atoms with E-state index in [4.69, 9.17) is 0 Å². The average Bonchev–Trinajstić information content (AvgIpc) is 3.21. The number of anilines is 1. The lowest BCUT2D eigenvalue weighted by atomic mass is 10.2. The molecule has 0 fully saturated rings. The molecule has 0 aliphatic rings. The van der Waals surface area contributed by atoms with Crippen LogP contribution in [0.4, 0.5) is 10.2 Å². The number of H-pyrrole nitrogens is 1. The third kappa shape index (κ3) is 2.47. The van der Waals surface area contributed by atoms with Gasteiger partial charge in [-0.25, -0.2) is 24.3 Å². The van der Waals surface area contributed by atoms with Crippen molar-refractivity contribution in [3.8, 4) is 0 Å². The van der Waals surface area contributed by atoms with E-state index in [9.17, 15) is 4.39 Å². The highest BCUT2D eigenvalue weighted by molar-refractivity contribution is 9.10. The van der Waals surface area contributed by atoms with Gasteiger partial charge in [0.1, 0.15) is 29.5 Å². The van der Waals surface area contributed by atoms with Gasteiger partial charge < -0.3 is 14.9 Å². The molecule has 7 nitrogen and oxygen atoms in total. The van der Waals surface area contributed by atoms with E-state index in [1.807, 2.05) is 11.6 Å². The third-order valence-corrected chi connectivity index (χ3v) is 4.75. The summed E-state index contributed by atoms with van der Waals surface area (Å²) in [5, 5.41) is 3.28. The van der Waals surface area contributed by atoms with Crippen LogP contribution in [0.3, 0.4) is 0 Å². The van der Waals surface area contributed by atoms with Gasteiger partial charge in [-0.2, -0.15) is 0 Å². The van der Waals surface area contributed by atoms with Crippen LogP contribution in [0.5, 0.6) is 0 Å². The summed E-state index contributed by atoms with van der Waals surface area (Å²) in [6.45, 7) is 3.88. The number of hydrogen-bond acceptors (Lipinski definition) is 5. The first-order valence-corrected chi connectivity index (χ1v) is 8.23. The number of imidazole rings is 2. The number of aromatic amines is 1. The van der Waals surface area contributed by atoms with Gasteiger partial charge in [-0.05, 0) is 28.1 Å². The number of nitrogens with zero attached hydrogens (tertiary/aromatic N) is 5. The summed E-state index contributed by atoms with van der Waals surface area (Å²) in [7, 11) is 1.83. The Morgan fingerprint density at radius 1 is 1.36 bits per heavy atom. The molecule has 1 atom stereocenters. The molecular formula is C16H13BrFN7. The van der Waals surface area contributed by atoms with Crippen LogP contribution in [-0.4, -0.2) is 29.5 Å². The normalized spacial score (nSPS) is 12.6. The van der Waals surface area contributed by atoms with E-state index in [0.29, 0.717) is 38.3 Å². The second-order valence-electron chi connectivity index (χ2n) is 5.44. The molecule has 1 aromatic carbocycles. The average molecular weight is 402 g/mol. The number of aryl methyl sites for hydroxylation is 1. The Morgan fingerprint density at radius 2 is 2.20 bits per heavy atom. The molecule has 9 heteroatoms. The summed E-state index contributed by atoms with van der Waals surface area (Å²) >= 11 is 3.29. The molecule has 4 aromatic rings. The molecule has 0 amide bonds. The van der Waals surface area contributed by atoms with Crippen molar-refractivity contribution in [2.75, 3.05) is 5.32 Å². The van der Waals surface area contributed by atoms with Gasteiger partial charge in [-0.3, -0.25) is 0 Å². The lowest BCUT2D eigenvalue weighted by Crippen LogP contribution is -2.14. The molecule has 0 radical (unpaired) electrons. The van der Waals surface area contributed by atoms with Crippen LogP contribution in [0.1, 0.15) is 11.9 Å². The molecule has 0 spiro atoms. The zero-order valence-electron chi connectivity index (χ0n) is 13.2. The summed E-state index contributed by atoms with van der Waals surface area (Å²) in [4.78, 5) is 20.1.